The van der Waals surface area contributed by atoms with Gasteiger partial charge in [-0.05, 0) is 38.6 Å². The van der Waals surface area contributed by atoms with Crippen LogP contribution in [0.5, 0.6) is 0 Å². The van der Waals surface area contributed by atoms with E-state index in [1.54, 1.807) is 0 Å². The molecule has 1 heterocycles. The molecule has 2 rings (SSSR count). The van der Waals surface area contributed by atoms with Gasteiger partial charge in [-0.25, -0.2) is 0 Å². The van der Waals surface area contributed by atoms with Crippen LogP contribution in [0, 0.1) is 12.8 Å². The number of benzene rings is 1. The van der Waals surface area contributed by atoms with Gasteiger partial charge in [0.05, 0.1) is 5.92 Å². The summed E-state index contributed by atoms with van der Waals surface area (Å²) in [4.78, 5) is 15.7. The molecule has 1 aliphatic heterocycles. The van der Waals surface area contributed by atoms with Gasteiger partial charge in [-0.3, -0.25) is 4.79 Å². The van der Waals surface area contributed by atoms with Gasteiger partial charge in [-0.15, -0.1) is 0 Å². The van der Waals surface area contributed by atoms with Crippen molar-refractivity contribution in [3.8, 4) is 0 Å². The third-order valence-electron chi connectivity index (χ3n) is 3.35. The zero-order valence-electron chi connectivity index (χ0n) is 12.4. The van der Waals surface area contributed by atoms with E-state index >= 15 is 0 Å². The number of amides is 1. The fraction of sp³-hybridized carbons (Fsp3) is 0.533. The summed E-state index contributed by atoms with van der Waals surface area (Å²) in [6.07, 6.45) is 0.898. The van der Waals surface area contributed by atoms with Crippen LogP contribution in [0.25, 0.3) is 0 Å². The summed E-state index contributed by atoms with van der Waals surface area (Å²) >= 11 is 0. The summed E-state index contributed by atoms with van der Waals surface area (Å²) in [7, 11) is 7.96. The number of hydrogen-bond acceptors (Lipinski definition) is 2. The van der Waals surface area contributed by atoms with Crippen LogP contribution in [0.3, 0.4) is 0 Å². The molecule has 1 unspecified atom stereocenters. The third-order valence-corrected chi connectivity index (χ3v) is 3.35. The molecular weight excluding hydrogens is 235 g/mol. The first kappa shape index (κ1) is 15.8. The van der Waals surface area contributed by atoms with Crippen LogP contribution in [0.4, 0.5) is 5.69 Å². The Hall–Kier alpha value is -1.29. The average molecular weight is 258 g/mol. The number of anilines is 1. The highest BCUT2D eigenvalue weighted by atomic mass is 16.2. The Morgan fingerprint density at radius 3 is 2.53 bits per heavy atom. The fourth-order valence-corrected chi connectivity index (χ4v) is 2.29. The maximum absolute atomic E-state index is 12.2. The predicted octanol–water partition coefficient (Wildman–Crippen LogP) is 2.39. The zero-order valence-corrected chi connectivity index (χ0v) is 12.4. The topological polar surface area (TPSA) is 23.6 Å². The maximum atomic E-state index is 12.2. The van der Waals surface area contributed by atoms with Gasteiger partial charge in [0, 0.05) is 12.2 Å². The number of carbonyl (C=O) groups is 1. The van der Waals surface area contributed by atoms with E-state index in [0.29, 0.717) is 0 Å². The largest absolute Gasteiger partial charge is 0.369 e. The van der Waals surface area contributed by atoms with Crippen molar-refractivity contribution in [2.75, 3.05) is 24.9 Å². The first-order chi connectivity index (χ1) is 9.09. The number of nitrogens with zero attached hydrogens (tertiary/aromatic N) is 2. The fourth-order valence-electron chi connectivity index (χ4n) is 2.29. The Morgan fingerprint density at radius 2 is 2.00 bits per heavy atom. The van der Waals surface area contributed by atoms with Crippen LogP contribution in [-0.2, 0) is 4.79 Å². The van der Waals surface area contributed by atoms with Gasteiger partial charge in [-0.1, -0.05) is 32.0 Å². The van der Waals surface area contributed by atoms with E-state index in [4.69, 9.17) is 7.98 Å². The molecule has 0 aromatic heterocycles. The third kappa shape index (κ3) is 3.84. The molecule has 1 atom stereocenters. The molecular formula is C15H23BN2O. The number of para-hydroxylation sites is 1. The summed E-state index contributed by atoms with van der Waals surface area (Å²) in [6, 6.07) is 7.69. The van der Waals surface area contributed by atoms with Gasteiger partial charge in [0.1, 0.15) is 0 Å². The molecule has 2 radical (unpaired) electrons. The van der Waals surface area contributed by atoms with Crippen LogP contribution < -0.4 is 4.81 Å². The van der Waals surface area contributed by atoms with Crippen molar-refractivity contribution < 1.29 is 4.79 Å². The summed E-state index contributed by atoms with van der Waals surface area (Å²) in [5.74, 6) is 0.0493. The number of hydrogen-bond donors (Lipinski definition) is 0. The standard InChI is InChI=1S/C13H17BN2O.C2H6/c1-10-5-3-4-6-12(10)16(14)13(17)11-7-8-15(2)9-11;1-2/h3-6,11H,7-9H2,1-2H3;1-2H3. The minimum atomic E-state index is 0.0173. The van der Waals surface area contributed by atoms with Crippen molar-refractivity contribution in [1.29, 1.82) is 0 Å². The molecule has 1 amide bonds. The van der Waals surface area contributed by atoms with E-state index in [-0.39, 0.29) is 11.8 Å². The van der Waals surface area contributed by atoms with Crippen molar-refractivity contribution in [3.63, 3.8) is 0 Å². The molecule has 1 aliphatic rings. The summed E-state index contributed by atoms with van der Waals surface area (Å²) in [5, 5.41) is 0. The highest BCUT2D eigenvalue weighted by molar-refractivity contribution is 6.31. The van der Waals surface area contributed by atoms with E-state index in [2.05, 4.69) is 4.90 Å². The van der Waals surface area contributed by atoms with Crippen molar-refractivity contribution >= 4 is 19.6 Å². The molecule has 19 heavy (non-hydrogen) atoms. The molecule has 0 bridgehead atoms. The van der Waals surface area contributed by atoms with Crippen molar-refractivity contribution in [2.24, 2.45) is 5.92 Å². The predicted molar refractivity (Wildman–Crippen MR) is 81.4 cm³/mol. The van der Waals surface area contributed by atoms with Crippen molar-refractivity contribution in [1.82, 2.24) is 4.90 Å². The molecule has 3 nitrogen and oxygen atoms in total. The maximum Gasteiger partial charge on any atom is 0.238 e. The van der Waals surface area contributed by atoms with Gasteiger partial charge in [0.25, 0.3) is 0 Å². The van der Waals surface area contributed by atoms with E-state index in [9.17, 15) is 4.79 Å². The lowest BCUT2D eigenvalue weighted by Gasteiger charge is -2.23. The summed E-state index contributed by atoms with van der Waals surface area (Å²) in [6.45, 7) is 7.74. The van der Waals surface area contributed by atoms with E-state index < -0.39 is 0 Å². The van der Waals surface area contributed by atoms with E-state index in [1.165, 1.54) is 4.81 Å². The highest BCUT2D eigenvalue weighted by Gasteiger charge is 2.28. The Bertz CT molecular complexity index is 422. The highest BCUT2D eigenvalue weighted by Crippen LogP contribution is 2.22. The summed E-state index contributed by atoms with van der Waals surface area (Å²) < 4.78 is 0. The Labute approximate surface area is 118 Å². The van der Waals surface area contributed by atoms with Crippen LogP contribution in [-0.4, -0.2) is 38.9 Å². The molecule has 0 aliphatic carbocycles. The minimum absolute atomic E-state index is 0.0173. The Morgan fingerprint density at radius 1 is 1.37 bits per heavy atom. The first-order valence-electron chi connectivity index (χ1n) is 6.92. The van der Waals surface area contributed by atoms with Crippen LogP contribution in [0.2, 0.25) is 0 Å². The van der Waals surface area contributed by atoms with Crippen molar-refractivity contribution in [2.45, 2.75) is 27.2 Å². The van der Waals surface area contributed by atoms with Gasteiger partial charge < -0.3 is 9.71 Å². The zero-order chi connectivity index (χ0) is 14.4. The normalized spacial score (nSPS) is 18.6. The lowest BCUT2D eigenvalue weighted by atomic mass is 10.0. The molecule has 1 fully saturated rings. The average Bonchev–Trinajstić information content (AvgIpc) is 2.86. The quantitative estimate of drug-likeness (QED) is 0.760. The first-order valence-corrected chi connectivity index (χ1v) is 6.92. The molecule has 102 valence electrons. The van der Waals surface area contributed by atoms with Crippen LogP contribution >= 0.6 is 0 Å². The minimum Gasteiger partial charge on any atom is -0.369 e. The molecule has 0 saturated carbocycles. The lowest BCUT2D eigenvalue weighted by Crippen LogP contribution is -2.35. The second-order valence-electron chi connectivity index (χ2n) is 4.74. The molecule has 0 spiro atoms. The Kier molecular flexibility index (Phi) is 6.09. The summed E-state index contributed by atoms with van der Waals surface area (Å²) in [5.41, 5.74) is 1.82. The molecule has 0 N–H and O–H groups in total. The van der Waals surface area contributed by atoms with Crippen molar-refractivity contribution in [3.05, 3.63) is 29.8 Å². The second-order valence-corrected chi connectivity index (χ2v) is 4.74. The second kappa shape index (κ2) is 7.34. The van der Waals surface area contributed by atoms with Crippen LogP contribution in [0.1, 0.15) is 25.8 Å². The van der Waals surface area contributed by atoms with Gasteiger partial charge in [0.15, 0.2) is 0 Å². The van der Waals surface area contributed by atoms with E-state index in [1.807, 2.05) is 52.1 Å². The molecule has 1 saturated heterocycles. The van der Waals surface area contributed by atoms with Gasteiger partial charge in [0.2, 0.25) is 13.9 Å². The molecule has 4 heteroatoms. The Balaban J connectivity index is 0.000000861. The van der Waals surface area contributed by atoms with Gasteiger partial charge >= 0.3 is 0 Å². The lowest BCUT2D eigenvalue weighted by molar-refractivity contribution is -0.120. The van der Waals surface area contributed by atoms with Gasteiger partial charge in [-0.2, -0.15) is 0 Å². The number of likely N-dealkylation sites (tertiary alicyclic amines) is 1. The number of rotatable bonds is 2. The van der Waals surface area contributed by atoms with Crippen LogP contribution in [0.15, 0.2) is 24.3 Å². The van der Waals surface area contributed by atoms with E-state index in [0.717, 1.165) is 30.8 Å². The number of aryl methyl sites for hydroxylation is 1. The number of carbonyl (C=O) groups excluding carboxylic acids is 1. The molecule has 1 aromatic carbocycles. The SMILES string of the molecule is CC.[B]N(C(=O)C1CCN(C)C1)c1ccccc1C. The smallest absolute Gasteiger partial charge is 0.238 e. The molecule has 1 aromatic rings. The monoisotopic (exact) mass is 258 g/mol.